The average molecular weight is 279 g/mol. The highest BCUT2D eigenvalue weighted by Crippen LogP contribution is 2.37. The molecule has 0 fully saturated rings. The van der Waals surface area contributed by atoms with E-state index in [0.29, 0.717) is 5.15 Å². The van der Waals surface area contributed by atoms with Crippen molar-refractivity contribution >= 4 is 11.6 Å². The zero-order valence-electron chi connectivity index (χ0n) is 12.0. The first-order valence-corrected chi connectivity index (χ1v) is 6.60. The second-order valence-corrected chi connectivity index (χ2v) is 5.97. The van der Waals surface area contributed by atoms with Crippen molar-refractivity contribution in [1.82, 2.24) is 9.78 Å². The second kappa shape index (κ2) is 4.89. The molecule has 1 aromatic carbocycles. The van der Waals surface area contributed by atoms with Crippen LogP contribution in [0.5, 0.6) is 5.75 Å². The number of hydrogen-bond donors (Lipinski definition) is 0. The van der Waals surface area contributed by atoms with Gasteiger partial charge in [-0.3, -0.25) is 4.68 Å². The van der Waals surface area contributed by atoms with E-state index in [0.717, 1.165) is 22.6 Å². The highest BCUT2D eigenvalue weighted by molar-refractivity contribution is 6.30. The van der Waals surface area contributed by atoms with Crippen LogP contribution in [0, 0.1) is 0 Å². The Labute approximate surface area is 119 Å². The number of aryl methyl sites for hydroxylation is 1. The van der Waals surface area contributed by atoms with E-state index in [4.69, 9.17) is 16.3 Å². The van der Waals surface area contributed by atoms with Crippen LogP contribution in [-0.2, 0) is 12.5 Å². The molecule has 0 atom stereocenters. The fourth-order valence-corrected chi connectivity index (χ4v) is 2.72. The lowest BCUT2D eigenvalue weighted by Gasteiger charge is -2.20. The lowest BCUT2D eigenvalue weighted by atomic mass is 9.85. The molecule has 0 radical (unpaired) electrons. The molecule has 0 bridgehead atoms. The first-order chi connectivity index (χ1) is 8.84. The first-order valence-electron chi connectivity index (χ1n) is 6.22. The Bertz CT molecular complexity index is 579. The van der Waals surface area contributed by atoms with Gasteiger partial charge in [-0.15, -0.1) is 0 Å². The SMILES string of the molecule is COc1ccc(-c2c(C(C)(C)C)c(Cl)nn2C)cc1. The normalized spacial score (nSPS) is 11.7. The third-order valence-corrected chi connectivity index (χ3v) is 3.38. The molecule has 4 heteroatoms. The quantitative estimate of drug-likeness (QED) is 0.829. The fourth-order valence-electron chi connectivity index (χ4n) is 2.24. The number of nitrogens with zero attached hydrogens (tertiary/aromatic N) is 2. The van der Waals surface area contributed by atoms with Crippen LogP contribution in [0.4, 0.5) is 0 Å². The summed E-state index contributed by atoms with van der Waals surface area (Å²) in [7, 11) is 3.58. The van der Waals surface area contributed by atoms with Gasteiger partial charge in [0.05, 0.1) is 12.8 Å². The summed E-state index contributed by atoms with van der Waals surface area (Å²) in [5.41, 5.74) is 3.16. The number of aromatic nitrogens is 2. The minimum absolute atomic E-state index is 0.0550. The smallest absolute Gasteiger partial charge is 0.155 e. The van der Waals surface area contributed by atoms with Gasteiger partial charge in [0, 0.05) is 18.2 Å². The molecule has 0 aliphatic rings. The molecule has 0 saturated carbocycles. The number of ether oxygens (including phenoxy) is 1. The van der Waals surface area contributed by atoms with Crippen LogP contribution in [0.25, 0.3) is 11.3 Å². The first kappa shape index (κ1) is 13.9. The van der Waals surface area contributed by atoms with Gasteiger partial charge in [0.2, 0.25) is 0 Å². The number of hydrogen-bond acceptors (Lipinski definition) is 2. The largest absolute Gasteiger partial charge is 0.497 e. The molecule has 0 unspecified atom stereocenters. The van der Waals surface area contributed by atoms with Crippen molar-refractivity contribution in [2.24, 2.45) is 7.05 Å². The van der Waals surface area contributed by atoms with E-state index < -0.39 is 0 Å². The van der Waals surface area contributed by atoms with Crippen molar-refractivity contribution in [3.8, 4) is 17.0 Å². The zero-order chi connectivity index (χ0) is 14.2. The summed E-state index contributed by atoms with van der Waals surface area (Å²) < 4.78 is 7.03. The minimum Gasteiger partial charge on any atom is -0.497 e. The third-order valence-electron chi connectivity index (χ3n) is 3.12. The molecule has 0 aliphatic heterocycles. The van der Waals surface area contributed by atoms with Crippen molar-refractivity contribution < 1.29 is 4.74 Å². The zero-order valence-corrected chi connectivity index (χ0v) is 12.7. The van der Waals surface area contributed by atoms with Crippen LogP contribution in [-0.4, -0.2) is 16.9 Å². The summed E-state index contributed by atoms with van der Waals surface area (Å²) in [5, 5.41) is 4.92. The highest BCUT2D eigenvalue weighted by Gasteiger charge is 2.26. The number of halogens is 1. The van der Waals surface area contributed by atoms with Crippen molar-refractivity contribution in [1.29, 1.82) is 0 Å². The lowest BCUT2D eigenvalue weighted by molar-refractivity contribution is 0.415. The van der Waals surface area contributed by atoms with E-state index in [1.807, 2.05) is 36.0 Å². The highest BCUT2D eigenvalue weighted by atomic mass is 35.5. The molecule has 0 N–H and O–H groups in total. The minimum atomic E-state index is -0.0550. The standard InChI is InChI=1S/C15H19ClN2O/c1-15(2,3)12-13(18(4)17-14(12)16)10-6-8-11(19-5)9-7-10/h6-9H,1-5H3. The third kappa shape index (κ3) is 2.61. The van der Waals surface area contributed by atoms with Crippen molar-refractivity contribution in [3.63, 3.8) is 0 Å². The van der Waals surface area contributed by atoms with Crippen LogP contribution < -0.4 is 4.74 Å². The molecule has 1 aromatic heterocycles. The van der Waals surface area contributed by atoms with Crippen LogP contribution >= 0.6 is 11.6 Å². The average Bonchev–Trinajstić information content (AvgIpc) is 2.64. The van der Waals surface area contributed by atoms with E-state index in [2.05, 4.69) is 25.9 Å². The van der Waals surface area contributed by atoms with Gasteiger partial charge in [0.1, 0.15) is 5.75 Å². The van der Waals surface area contributed by atoms with Gasteiger partial charge in [-0.1, -0.05) is 32.4 Å². The van der Waals surface area contributed by atoms with E-state index in [1.54, 1.807) is 7.11 Å². The molecule has 1 heterocycles. The van der Waals surface area contributed by atoms with Crippen molar-refractivity contribution in [3.05, 3.63) is 35.0 Å². The van der Waals surface area contributed by atoms with Crippen molar-refractivity contribution in [2.75, 3.05) is 7.11 Å². The summed E-state index contributed by atoms with van der Waals surface area (Å²) in [6.45, 7) is 6.43. The Morgan fingerprint density at radius 1 is 1.16 bits per heavy atom. The van der Waals surface area contributed by atoms with Gasteiger partial charge < -0.3 is 4.74 Å². The molecule has 0 aliphatic carbocycles. The Morgan fingerprint density at radius 3 is 2.21 bits per heavy atom. The number of rotatable bonds is 2. The molecule has 2 rings (SSSR count). The topological polar surface area (TPSA) is 27.1 Å². The number of methoxy groups -OCH3 is 1. The predicted molar refractivity (Wildman–Crippen MR) is 78.9 cm³/mol. The molecule has 0 spiro atoms. The molecular formula is C15H19ClN2O. The summed E-state index contributed by atoms with van der Waals surface area (Å²) in [6.07, 6.45) is 0. The van der Waals surface area contributed by atoms with Crippen LogP contribution in [0.3, 0.4) is 0 Å². The monoisotopic (exact) mass is 278 g/mol. The van der Waals surface area contributed by atoms with Gasteiger partial charge in [-0.25, -0.2) is 0 Å². The van der Waals surface area contributed by atoms with E-state index in [1.165, 1.54) is 0 Å². The molecule has 102 valence electrons. The van der Waals surface area contributed by atoms with Crippen LogP contribution in [0.2, 0.25) is 5.15 Å². The summed E-state index contributed by atoms with van der Waals surface area (Å²) in [5.74, 6) is 0.842. The predicted octanol–water partition coefficient (Wildman–Crippen LogP) is 4.05. The van der Waals surface area contributed by atoms with Crippen LogP contribution in [0.1, 0.15) is 26.3 Å². The molecule has 0 amide bonds. The maximum atomic E-state index is 6.29. The second-order valence-electron chi connectivity index (χ2n) is 5.62. The van der Waals surface area contributed by atoms with Gasteiger partial charge in [0.15, 0.2) is 5.15 Å². The van der Waals surface area contributed by atoms with E-state index in [9.17, 15) is 0 Å². The maximum Gasteiger partial charge on any atom is 0.155 e. The maximum absolute atomic E-state index is 6.29. The Hall–Kier alpha value is -1.48. The lowest BCUT2D eigenvalue weighted by Crippen LogP contribution is -2.12. The fraction of sp³-hybridized carbons (Fsp3) is 0.400. The molecular weight excluding hydrogens is 260 g/mol. The molecule has 0 saturated heterocycles. The van der Waals surface area contributed by atoms with Crippen molar-refractivity contribution in [2.45, 2.75) is 26.2 Å². The Morgan fingerprint density at radius 2 is 1.74 bits per heavy atom. The van der Waals surface area contributed by atoms with Gasteiger partial charge in [0.25, 0.3) is 0 Å². The summed E-state index contributed by atoms with van der Waals surface area (Å²) in [4.78, 5) is 0. The Kier molecular flexibility index (Phi) is 3.59. The number of benzene rings is 1. The van der Waals surface area contributed by atoms with E-state index in [-0.39, 0.29) is 5.41 Å². The molecule has 19 heavy (non-hydrogen) atoms. The Balaban J connectivity index is 2.61. The summed E-state index contributed by atoms with van der Waals surface area (Å²) in [6, 6.07) is 7.95. The van der Waals surface area contributed by atoms with Gasteiger partial charge >= 0.3 is 0 Å². The molecule has 3 nitrogen and oxygen atoms in total. The summed E-state index contributed by atoms with van der Waals surface area (Å²) >= 11 is 6.29. The van der Waals surface area contributed by atoms with E-state index >= 15 is 0 Å². The molecule has 2 aromatic rings. The van der Waals surface area contributed by atoms with Gasteiger partial charge in [-0.2, -0.15) is 5.10 Å². The van der Waals surface area contributed by atoms with Gasteiger partial charge in [-0.05, 0) is 29.7 Å². The van der Waals surface area contributed by atoms with Crippen LogP contribution in [0.15, 0.2) is 24.3 Å².